The third kappa shape index (κ3) is 4.51. The molecule has 1 aliphatic rings. The summed E-state index contributed by atoms with van der Waals surface area (Å²) in [5.41, 5.74) is 0.652. The van der Waals surface area contributed by atoms with Crippen LogP contribution in [0, 0.1) is 0 Å². The summed E-state index contributed by atoms with van der Waals surface area (Å²) >= 11 is 0. The van der Waals surface area contributed by atoms with Crippen molar-refractivity contribution in [3.05, 3.63) is 42.0 Å². The van der Waals surface area contributed by atoms with Crippen LogP contribution in [0.3, 0.4) is 0 Å². The van der Waals surface area contributed by atoms with Gasteiger partial charge in [-0.3, -0.25) is 4.79 Å². The molecule has 0 unspecified atom stereocenters. The minimum atomic E-state index is -0.0403. The first kappa shape index (κ1) is 17.7. The normalized spacial score (nSPS) is 14.8. The summed E-state index contributed by atoms with van der Waals surface area (Å²) in [5.74, 6) is 0.622. The number of unbranched alkanes of at least 4 members (excludes halogenated alkanes) is 1. The molecule has 2 aromatic carbocycles. The van der Waals surface area contributed by atoms with E-state index in [4.69, 9.17) is 4.74 Å². The predicted octanol–water partition coefficient (Wildman–Crippen LogP) is 3.84. The molecule has 2 aromatic rings. The lowest BCUT2D eigenvalue weighted by Crippen LogP contribution is -2.26. The van der Waals surface area contributed by atoms with Crippen molar-refractivity contribution in [3.63, 3.8) is 0 Å². The number of ether oxygens (including phenoxy) is 1. The van der Waals surface area contributed by atoms with Crippen LogP contribution in [0.25, 0.3) is 10.8 Å². The summed E-state index contributed by atoms with van der Waals surface area (Å²) in [6.07, 6.45) is 4.81. The van der Waals surface area contributed by atoms with Gasteiger partial charge in [-0.05, 0) is 69.1 Å². The van der Waals surface area contributed by atoms with E-state index in [1.165, 1.54) is 25.9 Å². The molecule has 0 radical (unpaired) electrons. The van der Waals surface area contributed by atoms with Crippen molar-refractivity contribution < 1.29 is 9.53 Å². The highest BCUT2D eigenvalue weighted by molar-refractivity contribution is 6.09. The van der Waals surface area contributed by atoms with Crippen LogP contribution in [-0.2, 0) is 0 Å². The number of carbonyl (C=O) groups excluding carboxylic acids is 1. The maximum absolute atomic E-state index is 12.8. The Morgan fingerprint density at radius 3 is 2.72 bits per heavy atom. The number of fused-ring (bicyclic) bond motifs is 1. The Hall–Kier alpha value is -2.07. The van der Waals surface area contributed by atoms with Crippen LogP contribution in [0.2, 0.25) is 0 Å². The van der Waals surface area contributed by atoms with Gasteiger partial charge in [0, 0.05) is 6.54 Å². The van der Waals surface area contributed by atoms with E-state index in [9.17, 15) is 4.79 Å². The number of benzene rings is 2. The van der Waals surface area contributed by atoms with Gasteiger partial charge in [0.2, 0.25) is 0 Å². The molecule has 1 aliphatic heterocycles. The molecule has 0 aromatic heterocycles. The number of nitrogens with one attached hydrogen (secondary N) is 1. The first-order valence-electron chi connectivity index (χ1n) is 9.44. The summed E-state index contributed by atoms with van der Waals surface area (Å²) in [7, 11) is 0. The molecule has 4 heteroatoms. The van der Waals surface area contributed by atoms with Crippen molar-refractivity contribution in [3.8, 4) is 5.75 Å². The zero-order valence-electron chi connectivity index (χ0n) is 15.1. The van der Waals surface area contributed by atoms with Gasteiger partial charge < -0.3 is 15.0 Å². The average molecular weight is 340 g/mol. The molecule has 0 saturated carbocycles. The molecule has 1 fully saturated rings. The van der Waals surface area contributed by atoms with Gasteiger partial charge in [-0.2, -0.15) is 0 Å². The molecule has 0 aliphatic carbocycles. The monoisotopic (exact) mass is 340 g/mol. The number of hydrogen-bond donors (Lipinski definition) is 1. The largest absolute Gasteiger partial charge is 0.493 e. The van der Waals surface area contributed by atoms with Gasteiger partial charge in [0.25, 0.3) is 5.91 Å². The molecule has 1 N–H and O–H groups in total. The van der Waals surface area contributed by atoms with Crippen molar-refractivity contribution in [1.82, 2.24) is 10.2 Å². The van der Waals surface area contributed by atoms with Crippen molar-refractivity contribution in [1.29, 1.82) is 0 Å². The Balaban J connectivity index is 1.61. The molecule has 134 valence electrons. The number of nitrogens with zero attached hydrogens (tertiary/aromatic N) is 1. The molecule has 4 nitrogen and oxygen atoms in total. The van der Waals surface area contributed by atoms with Crippen molar-refractivity contribution >= 4 is 16.7 Å². The summed E-state index contributed by atoms with van der Waals surface area (Å²) in [5, 5.41) is 5.09. The maximum atomic E-state index is 12.8. The van der Waals surface area contributed by atoms with Gasteiger partial charge in [0.15, 0.2) is 0 Å². The first-order valence-corrected chi connectivity index (χ1v) is 9.44. The lowest BCUT2D eigenvalue weighted by atomic mass is 10.0. The SMILES string of the molecule is CCOc1ccc2ccccc2c1C(=O)NCCCCN1CCCC1. The van der Waals surface area contributed by atoms with E-state index in [1.807, 2.05) is 43.3 Å². The third-order valence-electron chi connectivity index (χ3n) is 4.80. The van der Waals surface area contributed by atoms with Crippen molar-refractivity contribution in [2.45, 2.75) is 32.6 Å². The van der Waals surface area contributed by atoms with Crippen LogP contribution in [0.1, 0.15) is 43.0 Å². The molecular formula is C21H28N2O2. The standard InChI is InChI=1S/C21H28N2O2/c1-2-25-19-12-11-17-9-3-4-10-18(17)20(19)21(24)22-13-5-6-14-23-15-7-8-16-23/h3-4,9-12H,2,5-8,13-16H2,1H3,(H,22,24). The van der Waals surface area contributed by atoms with Gasteiger partial charge in [0.05, 0.1) is 12.2 Å². The first-order chi connectivity index (χ1) is 12.3. The lowest BCUT2D eigenvalue weighted by Gasteiger charge is -2.15. The fourth-order valence-corrected chi connectivity index (χ4v) is 3.52. The van der Waals surface area contributed by atoms with Crippen LogP contribution >= 0.6 is 0 Å². The predicted molar refractivity (Wildman–Crippen MR) is 102 cm³/mol. The second-order valence-electron chi connectivity index (χ2n) is 6.60. The Kier molecular flexibility index (Phi) is 6.29. The second kappa shape index (κ2) is 8.86. The summed E-state index contributed by atoms with van der Waals surface area (Å²) in [6, 6.07) is 11.9. The van der Waals surface area contributed by atoms with E-state index in [1.54, 1.807) is 0 Å². The summed E-state index contributed by atoms with van der Waals surface area (Å²) in [6.45, 7) is 6.82. The molecule has 25 heavy (non-hydrogen) atoms. The van der Waals surface area contributed by atoms with Crippen molar-refractivity contribution in [2.24, 2.45) is 0 Å². The molecule has 3 rings (SSSR count). The molecular weight excluding hydrogens is 312 g/mol. The van der Waals surface area contributed by atoms with Gasteiger partial charge >= 0.3 is 0 Å². The lowest BCUT2D eigenvalue weighted by molar-refractivity contribution is 0.0950. The average Bonchev–Trinajstić information content (AvgIpc) is 3.15. The Bertz CT molecular complexity index is 708. The zero-order valence-corrected chi connectivity index (χ0v) is 15.1. The Morgan fingerprint density at radius 1 is 1.12 bits per heavy atom. The van der Waals surface area contributed by atoms with Gasteiger partial charge in [-0.15, -0.1) is 0 Å². The van der Waals surface area contributed by atoms with Gasteiger partial charge in [0.1, 0.15) is 5.75 Å². The topological polar surface area (TPSA) is 41.6 Å². The minimum Gasteiger partial charge on any atom is -0.493 e. The van der Waals surface area contributed by atoms with E-state index in [0.717, 1.165) is 30.2 Å². The van der Waals surface area contributed by atoms with Gasteiger partial charge in [-0.1, -0.05) is 30.3 Å². The molecule has 0 bridgehead atoms. The van der Waals surface area contributed by atoms with Crippen LogP contribution in [0.5, 0.6) is 5.75 Å². The summed E-state index contributed by atoms with van der Waals surface area (Å²) in [4.78, 5) is 15.3. The fourth-order valence-electron chi connectivity index (χ4n) is 3.52. The van der Waals surface area contributed by atoms with Crippen LogP contribution in [0.15, 0.2) is 36.4 Å². The fraction of sp³-hybridized carbons (Fsp3) is 0.476. The van der Waals surface area contributed by atoms with E-state index in [-0.39, 0.29) is 5.91 Å². The number of amides is 1. The highest BCUT2D eigenvalue weighted by Gasteiger charge is 2.16. The van der Waals surface area contributed by atoms with Gasteiger partial charge in [-0.25, -0.2) is 0 Å². The quantitative estimate of drug-likeness (QED) is 0.742. The smallest absolute Gasteiger partial charge is 0.255 e. The number of rotatable bonds is 8. The summed E-state index contributed by atoms with van der Waals surface area (Å²) < 4.78 is 5.69. The van der Waals surface area contributed by atoms with Crippen LogP contribution in [-0.4, -0.2) is 43.6 Å². The molecule has 0 spiro atoms. The van der Waals surface area contributed by atoms with E-state index < -0.39 is 0 Å². The minimum absolute atomic E-state index is 0.0403. The molecule has 1 saturated heterocycles. The Morgan fingerprint density at radius 2 is 1.92 bits per heavy atom. The second-order valence-corrected chi connectivity index (χ2v) is 6.60. The van der Waals surface area contributed by atoms with Crippen molar-refractivity contribution in [2.75, 3.05) is 32.8 Å². The van der Waals surface area contributed by atoms with E-state index in [0.29, 0.717) is 24.5 Å². The highest BCUT2D eigenvalue weighted by Crippen LogP contribution is 2.28. The van der Waals surface area contributed by atoms with E-state index >= 15 is 0 Å². The highest BCUT2D eigenvalue weighted by atomic mass is 16.5. The van der Waals surface area contributed by atoms with E-state index in [2.05, 4.69) is 10.2 Å². The van der Waals surface area contributed by atoms with Crippen LogP contribution < -0.4 is 10.1 Å². The third-order valence-corrected chi connectivity index (χ3v) is 4.80. The molecule has 1 heterocycles. The number of likely N-dealkylation sites (tertiary alicyclic amines) is 1. The number of hydrogen-bond acceptors (Lipinski definition) is 3. The molecule has 1 amide bonds. The maximum Gasteiger partial charge on any atom is 0.255 e. The number of carbonyl (C=O) groups is 1. The Labute approximate surface area is 150 Å². The van der Waals surface area contributed by atoms with Crippen LogP contribution in [0.4, 0.5) is 0 Å². The molecule has 0 atom stereocenters. The zero-order chi connectivity index (χ0) is 17.5.